The summed E-state index contributed by atoms with van der Waals surface area (Å²) < 4.78 is 0. The van der Waals surface area contributed by atoms with Crippen LogP contribution in [-0.4, -0.2) is 0 Å². The molecule has 420 valence electrons. The lowest BCUT2D eigenvalue weighted by Gasteiger charge is -2.23. The quantitative estimate of drug-likeness (QED) is 0.140. The Morgan fingerprint density at radius 1 is 0.187 bits per heavy atom. The normalized spacial score (nSPS) is 14.4. The number of hydrogen-bond donors (Lipinski definition) is 0. The molecule has 0 atom stereocenters. The second-order valence-corrected chi connectivity index (χ2v) is 25.5. The highest BCUT2D eigenvalue weighted by molar-refractivity contribution is 6.42. The van der Waals surface area contributed by atoms with Crippen molar-refractivity contribution in [1.29, 1.82) is 0 Å². The molecule has 0 nitrogen and oxygen atoms in total. The molecule has 0 saturated heterocycles. The van der Waals surface area contributed by atoms with Gasteiger partial charge >= 0.3 is 0 Å². The molecule has 0 radical (unpaired) electrons. The Kier molecular flexibility index (Phi) is 10.8. The van der Waals surface area contributed by atoms with Gasteiger partial charge in [-0.1, -0.05) is 273 Å². The van der Waals surface area contributed by atoms with Crippen LogP contribution >= 0.6 is 0 Å². The van der Waals surface area contributed by atoms with Crippen LogP contribution in [-0.2, 0) is 19.3 Å². The van der Waals surface area contributed by atoms with E-state index >= 15 is 0 Å². The van der Waals surface area contributed by atoms with Crippen LogP contribution in [0.5, 0.6) is 0 Å². The smallest absolute Gasteiger partial charge is 0.0000926 e. The van der Waals surface area contributed by atoms with Crippen LogP contribution in [0.4, 0.5) is 0 Å². The molecule has 0 bridgehead atoms. The fourth-order valence-electron chi connectivity index (χ4n) is 16.9. The highest BCUT2D eigenvalue weighted by atomic mass is 14.4. The van der Waals surface area contributed by atoms with Gasteiger partial charge in [0.2, 0.25) is 0 Å². The first kappa shape index (κ1) is 50.5. The molecule has 0 fully saturated rings. The molecular weight excluding hydrogens is 1090 g/mol. The molecule has 0 heteroatoms. The van der Waals surface area contributed by atoms with Crippen molar-refractivity contribution < 1.29 is 0 Å². The van der Waals surface area contributed by atoms with Gasteiger partial charge in [0.05, 0.1) is 0 Å². The fourth-order valence-corrected chi connectivity index (χ4v) is 16.9. The van der Waals surface area contributed by atoms with E-state index in [4.69, 9.17) is 0 Å². The predicted molar refractivity (Wildman–Crippen MR) is 389 cm³/mol. The monoisotopic (exact) mass is 1150 g/mol. The van der Waals surface area contributed by atoms with Gasteiger partial charge in [-0.15, -0.1) is 0 Å². The Morgan fingerprint density at radius 3 is 1.42 bits per heavy atom. The zero-order valence-corrected chi connectivity index (χ0v) is 50.0. The zero-order chi connectivity index (χ0) is 59.4. The van der Waals surface area contributed by atoms with Crippen LogP contribution in [0.3, 0.4) is 0 Å². The minimum Gasteiger partial charge on any atom is -0.0795 e. The van der Waals surface area contributed by atoms with Crippen LogP contribution in [0, 0.1) is 0 Å². The van der Waals surface area contributed by atoms with Crippen molar-refractivity contribution in [2.45, 2.75) is 19.3 Å². The Hall–Kier alpha value is -11.4. The maximum Gasteiger partial charge on any atom is -0.0000926 e. The molecule has 20 rings (SSSR count). The van der Waals surface area contributed by atoms with E-state index in [-0.39, 0.29) is 0 Å². The third-order valence-electron chi connectivity index (χ3n) is 20.8. The molecule has 15 aromatic rings. The van der Waals surface area contributed by atoms with E-state index in [2.05, 4.69) is 303 Å². The molecule has 5 aliphatic rings. The predicted octanol–water partition coefficient (Wildman–Crippen LogP) is 23.8. The summed E-state index contributed by atoms with van der Waals surface area (Å²) in [6.45, 7) is 0. The van der Waals surface area contributed by atoms with Gasteiger partial charge in [-0.05, 0) is 259 Å². The van der Waals surface area contributed by atoms with Crippen LogP contribution in [0.1, 0.15) is 66.8 Å². The number of hydrogen-bond acceptors (Lipinski definition) is 0. The summed E-state index contributed by atoms with van der Waals surface area (Å²) in [6.07, 6.45) is 16.8. The van der Waals surface area contributed by atoms with Gasteiger partial charge in [0.15, 0.2) is 0 Å². The average Bonchev–Trinajstić information content (AvgIpc) is 1.53. The lowest BCUT2D eigenvalue weighted by atomic mass is 9.80. The molecule has 0 saturated carbocycles. The van der Waals surface area contributed by atoms with Gasteiger partial charge in [-0.25, -0.2) is 0 Å². The molecule has 0 unspecified atom stereocenters. The first-order valence-corrected chi connectivity index (χ1v) is 32.2. The topological polar surface area (TPSA) is 0 Å². The Balaban J connectivity index is 1.01. The van der Waals surface area contributed by atoms with Crippen molar-refractivity contribution >= 4 is 122 Å². The summed E-state index contributed by atoms with van der Waals surface area (Å²) >= 11 is 0. The van der Waals surface area contributed by atoms with E-state index in [9.17, 15) is 0 Å². The van der Waals surface area contributed by atoms with Crippen LogP contribution < -0.4 is 0 Å². The highest BCUT2D eigenvalue weighted by Crippen LogP contribution is 2.65. The van der Waals surface area contributed by atoms with E-state index in [1.54, 1.807) is 0 Å². The lowest BCUT2D eigenvalue weighted by Crippen LogP contribution is -2.01. The fraction of sp³-hybridized carbons (Fsp3) is 0.0330. The molecule has 0 amide bonds. The van der Waals surface area contributed by atoms with E-state index in [0.29, 0.717) is 0 Å². The van der Waals surface area contributed by atoms with E-state index < -0.39 is 0 Å². The van der Waals surface area contributed by atoms with E-state index in [1.807, 2.05) is 0 Å². The number of allylic oxidation sites excluding steroid dienone is 8. The van der Waals surface area contributed by atoms with Crippen LogP contribution in [0.15, 0.2) is 291 Å². The highest BCUT2D eigenvalue weighted by Gasteiger charge is 2.43. The summed E-state index contributed by atoms with van der Waals surface area (Å²) in [5.41, 5.74) is 30.2. The number of benzene rings is 15. The van der Waals surface area contributed by atoms with Crippen molar-refractivity contribution in [2.75, 3.05) is 0 Å². The van der Waals surface area contributed by atoms with Gasteiger partial charge in [-0.3, -0.25) is 0 Å². The SMILES string of the molecule is C1=Cc2cc(-c3cc4c(cc3-c3ccc5c6c(cccc36)C=CC5)C(c3ccc5c6c(cccc36)CC=C5)=C3C4=C(c4cccc(-c5ccccc5)c4)C(c4cccc5c4ccc4ccccc45)=C3c3cccc4c3ccc3ccccc34)cc3cccc(c23)C1. The molecule has 0 aliphatic heterocycles. The van der Waals surface area contributed by atoms with Gasteiger partial charge in [0, 0.05) is 0 Å². The molecule has 0 heterocycles. The third kappa shape index (κ3) is 7.45. The van der Waals surface area contributed by atoms with Crippen LogP contribution in [0.2, 0.25) is 0 Å². The minimum absolute atomic E-state index is 0.899. The summed E-state index contributed by atoms with van der Waals surface area (Å²) in [5, 5.41) is 17.9. The number of rotatable bonds is 7. The largest absolute Gasteiger partial charge is 0.0795 e. The summed E-state index contributed by atoms with van der Waals surface area (Å²) in [6, 6.07) is 103. The maximum atomic E-state index is 2.65. The molecule has 0 aromatic heterocycles. The van der Waals surface area contributed by atoms with Crippen molar-refractivity contribution in [3.63, 3.8) is 0 Å². The second kappa shape index (κ2) is 19.5. The standard InChI is InChI=1S/C91H56/c1-2-17-54(18-3-1)62-29-12-32-65(49-62)86-88(75-39-15-35-69-67-33-6-4-19-55(67)41-45-71(69)75)89(76-40-16-36-70-68-34-7-5-20-56(68)42-46-72(70)76)91-87(78-48-44-61-26-9-24-59-28-14-38-77(78)85(59)61)81-53-80(73-47-43-60-25-8-23-58-27-13-37-74(73)84(58)60)79(52-82(81)90(86)91)66-50-63-30-10-21-57-22-11-31-64(51-66)83(57)63/h1-21,23,26-53H,22,24-25H2. The molecule has 15 aromatic carbocycles. The first-order valence-electron chi connectivity index (χ1n) is 32.2. The lowest BCUT2D eigenvalue weighted by molar-refractivity contribution is 1.29. The van der Waals surface area contributed by atoms with Crippen molar-refractivity contribution in [2.24, 2.45) is 0 Å². The summed E-state index contributed by atoms with van der Waals surface area (Å²) in [7, 11) is 0. The van der Waals surface area contributed by atoms with Gasteiger partial charge in [0.25, 0.3) is 0 Å². The number of fused-ring (bicyclic) bond motifs is 9. The molecule has 5 aliphatic carbocycles. The van der Waals surface area contributed by atoms with E-state index in [1.165, 1.54) is 209 Å². The van der Waals surface area contributed by atoms with Crippen LogP contribution in [0.25, 0.3) is 155 Å². The Labute approximate surface area is 528 Å². The first-order chi connectivity index (χ1) is 45.1. The Bertz CT molecular complexity index is 6000. The van der Waals surface area contributed by atoms with Crippen molar-refractivity contribution in [3.8, 4) is 33.4 Å². The van der Waals surface area contributed by atoms with E-state index in [0.717, 1.165) is 19.3 Å². The van der Waals surface area contributed by atoms with Crippen molar-refractivity contribution in [1.82, 2.24) is 0 Å². The zero-order valence-electron chi connectivity index (χ0n) is 50.0. The molecule has 0 N–H and O–H groups in total. The van der Waals surface area contributed by atoms with Gasteiger partial charge < -0.3 is 0 Å². The van der Waals surface area contributed by atoms with Crippen molar-refractivity contribution in [3.05, 3.63) is 357 Å². The van der Waals surface area contributed by atoms with Gasteiger partial charge in [-0.2, -0.15) is 0 Å². The molecular formula is C91H56. The molecule has 0 spiro atoms. The average molecular weight is 1150 g/mol. The summed E-state index contributed by atoms with van der Waals surface area (Å²) in [5.74, 6) is 0. The second-order valence-electron chi connectivity index (χ2n) is 25.5. The Morgan fingerprint density at radius 2 is 0.681 bits per heavy atom. The third-order valence-corrected chi connectivity index (χ3v) is 20.8. The maximum absolute atomic E-state index is 2.65. The van der Waals surface area contributed by atoms with Gasteiger partial charge in [0.1, 0.15) is 0 Å². The minimum atomic E-state index is 0.899. The summed E-state index contributed by atoms with van der Waals surface area (Å²) in [4.78, 5) is 0. The molecule has 91 heavy (non-hydrogen) atoms.